The van der Waals surface area contributed by atoms with Crippen LogP contribution in [-0.2, 0) is 10.1 Å². The number of hydrogen-bond donors (Lipinski definition) is 1. The average Bonchev–Trinajstić information content (AvgIpc) is 2.61. The minimum absolute atomic E-state index is 0. The molecule has 0 unspecified atom stereocenters. The molecule has 0 saturated heterocycles. The van der Waals surface area contributed by atoms with Gasteiger partial charge in [-0.05, 0) is 25.2 Å². The Labute approximate surface area is 196 Å². The predicted molar refractivity (Wildman–Crippen MR) is 113 cm³/mol. The fourth-order valence-corrected chi connectivity index (χ4v) is 3.67. The van der Waals surface area contributed by atoms with Crippen molar-refractivity contribution in [3.8, 4) is 0 Å². The number of nitrogens with zero attached hydrogens (tertiary/aromatic N) is 1. The summed E-state index contributed by atoms with van der Waals surface area (Å²) in [4.78, 5) is 3.82. The molecule has 28 heavy (non-hydrogen) atoms. The van der Waals surface area contributed by atoms with Crippen molar-refractivity contribution >= 4 is 16.0 Å². The summed E-state index contributed by atoms with van der Waals surface area (Å²) in [6.07, 6.45) is 20.1. The average molecular weight is 428 g/mol. The second-order valence-electron chi connectivity index (χ2n) is 7.61. The first-order valence-electron chi connectivity index (χ1n) is 11.1. The van der Waals surface area contributed by atoms with Crippen molar-refractivity contribution in [1.29, 1.82) is 0 Å². The SMILES string of the molecule is CCCCCCCCCCCCCCCCCC([O-])=NCCCS(=O)(=O)O.[Na+]. The van der Waals surface area contributed by atoms with Crippen LogP contribution in [0.15, 0.2) is 4.99 Å². The standard InChI is InChI=1S/C21H43NO4S.Na/c1-2-3-4-5-6-7-8-9-10-11-12-13-14-15-16-18-21(23)22-19-17-20-27(24,25)26;/h2-20H2,1H3,(H,22,23)(H,24,25,26);/q;+1/p-1. The second kappa shape index (κ2) is 22.1. The zero-order valence-electron chi connectivity index (χ0n) is 18.5. The molecule has 0 aliphatic heterocycles. The topological polar surface area (TPSA) is 89.8 Å². The summed E-state index contributed by atoms with van der Waals surface area (Å²) in [6, 6.07) is 0. The van der Waals surface area contributed by atoms with E-state index in [9.17, 15) is 13.5 Å². The molecule has 0 bridgehead atoms. The summed E-state index contributed by atoms with van der Waals surface area (Å²) in [5.74, 6) is -0.483. The molecule has 0 spiro atoms. The van der Waals surface area contributed by atoms with Gasteiger partial charge in [0.1, 0.15) is 0 Å². The van der Waals surface area contributed by atoms with Crippen molar-refractivity contribution in [2.45, 2.75) is 116 Å². The smallest absolute Gasteiger partial charge is 0.862 e. The molecule has 0 aliphatic carbocycles. The molecule has 0 aromatic carbocycles. The number of rotatable bonds is 20. The molecule has 0 aromatic rings. The normalized spacial score (nSPS) is 12.1. The van der Waals surface area contributed by atoms with Crippen LogP contribution in [0.3, 0.4) is 0 Å². The van der Waals surface area contributed by atoms with Crippen LogP contribution in [0.1, 0.15) is 116 Å². The summed E-state index contributed by atoms with van der Waals surface area (Å²) in [7, 11) is -3.94. The second-order valence-corrected chi connectivity index (χ2v) is 9.19. The van der Waals surface area contributed by atoms with Crippen LogP contribution in [0.5, 0.6) is 0 Å². The van der Waals surface area contributed by atoms with Crippen LogP contribution < -0.4 is 34.7 Å². The maximum absolute atomic E-state index is 11.5. The van der Waals surface area contributed by atoms with Gasteiger partial charge in [-0.2, -0.15) is 8.42 Å². The van der Waals surface area contributed by atoms with E-state index >= 15 is 0 Å². The van der Waals surface area contributed by atoms with Crippen LogP contribution >= 0.6 is 0 Å². The Morgan fingerprint density at radius 2 is 1.14 bits per heavy atom. The summed E-state index contributed by atoms with van der Waals surface area (Å²) in [5.41, 5.74) is 0. The molecular weight excluding hydrogens is 385 g/mol. The molecule has 162 valence electrons. The first kappa shape index (κ1) is 30.6. The van der Waals surface area contributed by atoms with Gasteiger partial charge >= 0.3 is 29.6 Å². The summed E-state index contributed by atoms with van der Waals surface area (Å²) in [6.45, 7) is 2.44. The van der Waals surface area contributed by atoms with E-state index in [0.717, 1.165) is 12.8 Å². The van der Waals surface area contributed by atoms with E-state index in [2.05, 4.69) is 11.9 Å². The van der Waals surface area contributed by atoms with E-state index in [-0.39, 0.29) is 54.2 Å². The number of aliphatic imine (C=N–C) groups is 1. The summed E-state index contributed by atoms with van der Waals surface area (Å²) < 4.78 is 29.6. The predicted octanol–water partition coefficient (Wildman–Crippen LogP) is 2.29. The maximum atomic E-state index is 11.5. The molecule has 0 amide bonds. The molecule has 0 saturated carbocycles. The van der Waals surface area contributed by atoms with Crippen LogP contribution in [0.2, 0.25) is 0 Å². The molecule has 5 nitrogen and oxygen atoms in total. The molecule has 0 aliphatic rings. The third-order valence-corrected chi connectivity index (χ3v) is 5.65. The van der Waals surface area contributed by atoms with Gasteiger partial charge < -0.3 is 10.1 Å². The van der Waals surface area contributed by atoms with Crippen molar-refractivity contribution in [2.75, 3.05) is 12.3 Å². The van der Waals surface area contributed by atoms with Gasteiger partial charge in [0, 0.05) is 6.54 Å². The Morgan fingerprint density at radius 1 is 0.750 bits per heavy atom. The molecule has 0 atom stereocenters. The molecular formula is C21H42NNaO4S. The van der Waals surface area contributed by atoms with E-state index < -0.39 is 10.1 Å². The fourth-order valence-electron chi connectivity index (χ4n) is 3.18. The van der Waals surface area contributed by atoms with E-state index in [1.54, 1.807) is 0 Å². The Balaban J connectivity index is 0. The Kier molecular flexibility index (Phi) is 24.1. The molecule has 0 aromatic heterocycles. The number of unbranched alkanes of at least 4 members (excludes halogenated alkanes) is 14. The first-order valence-corrected chi connectivity index (χ1v) is 12.7. The van der Waals surface area contributed by atoms with Crippen LogP contribution in [0.4, 0.5) is 0 Å². The van der Waals surface area contributed by atoms with Crippen LogP contribution in [-0.4, -0.2) is 31.2 Å². The first-order chi connectivity index (χ1) is 13.0. The van der Waals surface area contributed by atoms with Crippen molar-refractivity contribution in [3.05, 3.63) is 0 Å². The van der Waals surface area contributed by atoms with Gasteiger partial charge in [0.05, 0.1) is 5.75 Å². The molecule has 1 N–H and O–H groups in total. The molecule has 7 heteroatoms. The Hall–Kier alpha value is 0.380. The van der Waals surface area contributed by atoms with E-state index in [0.29, 0.717) is 6.42 Å². The van der Waals surface area contributed by atoms with Crippen molar-refractivity contribution in [3.63, 3.8) is 0 Å². The van der Waals surface area contributed by atoms with Crippen LogP contribution in [0, 0.1) is 0 Å². The minimum atomic E-state index is -3.94. The Bertz CT molecular complexity index is 455. The molecule has 0 radical (unpaired) electrons. The largest absolute Gasteiger partial charge is 1.00 e. The van der Waals surface area contributed by atoms with Crippen molar-refractivity contribution in [2.24, 2.45) is 4.99 Å². The molecule has 0 fully saturated rings. The van der Waals surface area contributed by atoms with Gasteiger partial charge in [-0.15, -0.1) is 0 Å². The van der Waals surface area contributed by atoms with Crippen LogP contribution in [0.25, 0.3) is 0 Å². The Morgan fingerprint density at radius 3 is 1.54 bits per heavy atom. The number of hydrogen-bond acceptors (Lipinski definition) is 4. The molecule has 0 heterocycles. The monoisotopic (exact) mass is 427 g/mol. The third kappa shape index (κ3) is 26.4. The van der Waals surface area contributed by atoms with Gasteiger partial charge in [0.25, 0.3) is 10.1 Å². The third-order valence-electron chi connectivity index (χ3n) is 4.84. The van der Waals surface area contributed by atoms with E-state index in [4.69, 9.17) is 4.55 Å². The quantitative estimate of drug-likeness (QED) is 0.106. The van der Waals surface area contributed by atoms with E-state index in [1.807, 2.05) is 0 Å². The zero-order valence-corrected chi connectivity index (χ0v) is 21.3. The fraction of sp³-hybridized carbons (Fsp3) is 0.952. The van der Waals surface area contributed by atoms with E-state index in [1.165, 1.54) is 83.5 Å². The van der Waals surface area contributed by atoms with Gasteiger partial charge in [-0.1, -0.05) is 96.8 Å². The minimum Gasteiger partial charge on any atom is -0.862 e. The van der Waals surface area contributed by atoms with Crippen molar-refractivity contribution < 1.29 is 47.6 Å². The van der Waals surface area contributed by atoms with Gasteiger partial charge in [-0.3, -0.25) is 4.55 Å². The van der Waals surface area contributed by atoms with Gasteiger partial charge in [0.15, 0.2) is 0 Å². The molecule has 0 rings (SSSR count). The zero-order chi connectivity index (χ0) is 20.2. The van der Waals surface area contributed by atoms with Crippen molar-refractivity contribution in [1.82, 2.24) is 0 Å². The summed E-state index contributed by atoms with van der Waals surface area (Å²) in [5, 5.41) is 11.5. The summed E-state index contributed by atoms with van der Waals surface area (Å²) >= 11 is 0. The maximum Gasteiger partial charge on any atom is 1.00 e. The van der Waals surface area contributed by atoms with Gasteiger partial charge in [-0.25, -0.2) is 0 Å². The van der Waals surface area contributed by atoms with Gasteiger partial charge in [0.2, 0.25) is 0 Å².